The number of unbranched alkanes of at least 4 members (excludes halogenated alkanes) is 3. The smallest absolute Gasteiger partial charge is 0.122 e. The number of ether oxygens (including phenoxy) is 1. The van der Waals surface area contributed by atoms with Gasteiger partial charge in [0.05, 0.1) is 6.61 Å². The minimum Gasteiger partial charge on any atom is -0.493 e. The summed E-state index contributed by atoms with van der Waals surface area (Å²) in [5.74, 6) is 1.05. The predicted molar refractivity (Wildman–Crippen MR) is 90.2 cm³/mol. The largest absolute Gasteiger partial charge is 0.493 e. The Labute approximate surface area is 130 Å². The molecule has 0 radical (unpaired) electrons. The number of hydrogen-bond donors (Lipinski definition) is 0. The van der Waals surface area contributed by atoms with Crippen LogP contribution in [0.25, 0.3) is 0 Å². The molecule has 0 aromatic heterocycles. The summed E-state index contributed by atoms with van der Waals surface area (Å²) in [6, 6.07) is 6.41. The maximum Gasteiger partial charge on any atom is 0.122 e. The summed E-state index contributed by atoms with van der Waals surface area (Å²) in [4.78, 5) is 2.63. The van der Waals surface area contributed by atoms with Gasteiger partial charge >= 0.3 is 0 Å². The Morgan fingerprint density at radius 1 is 0.952 bits per heavy atom. The quantitative estimate of drug-likeness (QED) is 0.642. The van der Waals surface area contributed by atoms with Crippen molar-refractivity contribution in [3.63, 3.8) is 0 Å². The highest BCUT2D eigenvalue weighted by Crippen LogP contribution is 2.19. The van der Waals surface area contributed by atoms with E-state index in [1.807, 2.05) is 0 Å². The molecule has 21 heavy (non-hydrogen) atoms. The first-order valence-corrected chi connectivity index (χ1v) is 8.68. The topological polar surface area (TPSA) is 12.5 Å². The molecule has 2 rings (SSSR count). The second-order valence-electron chi connectivity index (χ2n) is 6.43. The van der Waals surface area contributed by atoms with Crippen LogP contribution in [-0.2, 0) is 0 Å². The molecule has 0 amide bonds. The monoisotopic (exact) mass is 289 g/mol. The van der Waals surface area contributed by atoms with Crippen molar-refractivity contribution in [3.8, 4) is 5.75 Å². The Bertz CT molecular complexity index is 410. The Morgan fingerprint density at radius 2 is 1.71 bits per heavy atom. The molecule has 118 valence electrons. The second-order valence-corrected chi connectivity index (χ2v) is 6.43. The Balaban J connectivity index is 1.50. The molecule has 1 aromatic carbocycles. The van der Waals surface area contributed by atoms with Crippen molar-refractivity contribution in [3.05, 3.63) is 29.3 Å². The van der Waals surface area contributed by atoms with Crippen LogP contribution in [0, 0.1) is 13.8 Å². The van der Waals surface area contributed by atoms with Crippen LogP contribution in [-0.4, -0.2) is 31.1 Å². The number of benzene rings is 1. The van der Waals surface area contributed by atoms with Crippen molar-refractivity contribution >= 4 is 0 Å². The van der Waals surface area contributed by atoms with Gasteiger partial charge in [-0.05, 0) is 70.8 Å². The lowest BCUT2D eigenvalue weighted by molar-refractivity contribution is 0.223. The van der Waals surface area contributed by atoms with Gasteiger partial charge in [0.1, 0.15) is 5.75 Å². The van der Waals surface area contributed by atoms with Gasteiger partial charge < -0.3 is 9.64 Å². The molecule has 1 aliphatic heterocycles. The van der Waals surface area contributed by atoms with E-state index >= 15 is 0 Å². The summed E-state index contributed by atoms with van der Waals surface area (Å²) in [6.07, 6.45) is 9.40. The third-order valence-electron chi connectivity index (χ3n) is 4.41. The molecule has 0 spiro atoms. The fraction of sp³-hybridized carbons (Fsp3) is 0.684. The highest BCUT2D eigenvalue weighted by molar-refractivity contribution is 5.35. The number of rotatable bonds is 8. The molecule has 0 bridgehead atoms. The Hall–Kier alpha value is -1.02. The van der Waals surface area contributed by atoms with Crippen LogP contribution in [0.1, 0.15) is 56.1 Å². The van der Waals surface area contributed by atoms with Crippen LogP contribution >= 0.6 is 0 Å². The summed E-state index contributed by atoms with van der Waals surface area (Å²) in [5.41, 5.74) is 2.55. The van der Waals surface area contributed by atoms with Crippen molar-refractivity contribution in [2.75, 3.05) is 26.2 Å². The van der Waals surface area contributed by atoms with Gasteiger partial charge in [0.15, 0.2) is 0 Å². The van der Waals surface area contributed by atoms with E-state index in [4.69, 9.17) is 4.74 Å². The van der Waals surface area contributed by atoms with E-state index in [0.29, 0.717) is 0 Å². The van der Waals surface area contributed by atoms with Gasteiger partial charge in [-0.1, -0.05) is 37.0 Å². The Kier molecular flexibility index (Phi) is 7.08. The lowest BCUT2D eigenvalue weighted by Gasteiger charge is -2.26. The Morgan fingerprint density at radius 3 is 2.48 bits per heavy atom. The predicted octanol–water partition coefficient (Wildman–Crippen LogP) is 4.73. The summed E-state index contributed by atoms with van der Waals surface area (Å²) >= 11 is 0. The van der Waals surface area contributed by atoms with Crippen LogP contribution < -0.4 is 4.74 Å². The number of nitrogens with zero attached hydrogens (tertiary/aromatic N) is 1. The average Bonchev–Trinajstić information content (AvgIpc) is 2.49. The minimum absolute atomic E-state index is 0.855. The number of piperidine rings is 1. The minimum atomic E-state index is 0.855. The van der Waals surface area contributed by atoms with E-state index in [0.717, 1.165) is 12.4 Å². The van der Waals surface area contributed by atoms with Crippen molar-refractivity contribution in [2.24, 2.45) is 0 Å². The van der Waals surface area contributed by atoms with E-state index in [-0.39, 0.29) is 0 Å². The first kappa shape index (κ1) is 16.4. The molecule has 1 heterocycles. The average molecular weight is 289 g/mol. The lowest BCUT2D eigenvalue weighted by atomic mass is 10.1. The molecule has 1 fully saturated rings. The van der Waals surface area contributed by atoms with Crippen LogP contribution in [0.5, 0.6) is 5.75 Å². The highest BCUT2D eigenvalue weighted by atomic mass is 16.5. The molecule has 1 aliphatic rings. The third-order valence-corrected chi connectivity index (χ3v) is 4.41. The molecule has 2 nitrogen and oxygen atoms in total. The van der Waals surface area contributed by atoms with Crippen LogP contribution in [0.4, 0.5) is 0 Å². The zero-order valence-corrected chi connectivity index (χ0v) is 13.9. The molecule has 0 saturated carbocycles. The third kappa shape index (κ3) is 6.09. The van der Waals surface area contributed by atoms with Gasteiger partial charge in [0, 0.05) is 0 Å². The molecule has 2 heteroatoms. The number of hydrogen-bond acceptors (Lipinski definition) is 2. The van der Waals surface area contributed by atoms with Gasteiger partial charge in [-0.15, -0.1) is 0 Å². The van der Waals surface area contributed by atoms with E-state index in [1.165, 1.54) is 75.7 Å². The fourth-order valence-electron chi connectivity index (χ4n) is 3.12. The standard InChI is InChI=1S/C19H31NO/c1-17-10-11-19(18(2)16-17)21-15-9-4-3-6-12-20-13-7-5-8-14-20/h10-11,16H,3-9,12-15H2,1-2H3. The summed E-state index contributed by atoms with van der Waals surface area (Å²) in [5, 5.41) is 0. The fourth-order valence-corrected chi connectivity index (χ4v) is 3.12. The normalized spacial score (nSPS) is 16.1. The van der Waals surface area contributed by atoms with Crippen LogP contribution in [0.2, 0.25) is 0 Å². The van der Waals surface area contributed by atoms with Gasteiger partial charge in [0.2, 0.25) is 0 Å². The van der Waals surface area contributed by atoms with Crippen molar-refractivity contribution in [2.45, 2.75) is 58.8 Å². The first-order chi connectivity index (χ1) is 10.3. The van der Waals surface area contributed by atoms with Gasteiger partial charge in [-0.25, -0.2) is 0 Å². The zero-order valence-electron chi connectivity index (χ0n) is 13.9. The van der Waals surface area contributed by atoms with Gasteiger partial charge in [-0.3, -0.25) is 0 Å². The molecular weight excluding hydrogens is 258 g/mol. The number of likely N-dealkylation sites (tertiary alicyclic amines) is 1. The van der Waals surface area contributed by atoms with Gasteiger partial charge in [0.25, 0.3) is 0 Å². The molecule has 0 aliphatic carbocycles. The van der Waals surface area contributed by atoms with Crippen LogP contribution in [0.15, 0.2) is 18.2 Å². The molecule has 1 saturated heterocycles. The molecular formula is C19H31NO. The molecule has 0 atom stereocenters. The molecule has 0 N–H and O–H groups in total. The summed E-state index contributed by atoms with van der Waals surface area (Å²) in [7, 11) is 0. The van der Waals surface area contributed by atoms with E-state index in [2.05, 4.69) is 36.9 Å². The zero-order chi connectivity index (χ0) is 14.9. The maximum absolute atomic E-state index is 5.88. The molecule has 1 aromatic rings. The highest BCUT2D eigenvalue weighted by Gasteiger charge is 2.08. The lowest BCUT2D eigenvalue weighted by Crippen LogP contribution is -2.30. The maximum atomic E-state index is 5.88. The van der Waals surface area contributed by atoms with E-state index in [1.54, 1.807) is 0 Å². The van der Waals surface area contributed by atoms with E-state index in [9.17, 15) is 0 Å². The molecule has 0 unspecified atom stereocenters. The second kappa shape index (κ2) is 9.09. The van der Waals surface area contributed by atoms with Gasteiger partial charge in [-0.2, -0.15) is 0 Å². The van der Waals surface area contributed by atoms with E-state index < -0.39 is 0 Å². The van der Waals surface area contributed by atoms with Crippen molar-refractivity contribution < 1.29 is 4.74 Å². The van der Waals surface area contributed by atoms with Crippen LogP contribution in [0.3, 0.4) is 0 Å². The summed E-state index contributed by atoms with van der Waals surface area (Å²) in [6.45, 7) is 9.07. The van der Waals surface area contributed by atoms with Crippen molar-refractivity contribution in [1.82, 2.24) is 4.90 Å². The van der Waals surface area contributed by atoms with Crippen molar-refractivity contribution in [1.29, 1.82) is 0 Å². The summed E-state index contributed by atoms with van der Waals surface area (Å²) < 4.78 is 5.88. The SMILES string of the molecule is Cc1ccc(OCCCCCCN2CCCCC2)c(C)c1. The first-order valence-electron chi connectivity index (χ1n) is 8.68. The number of aryl methyl sites for hydroxylation is 2.